The average Bonchev–Trinajstić information content (AvgIpc) is 2.72. The molecule has 4 nitrogen and oxygen atoms in total. The lowest BCUT2D eigenvalue weighted by Gasteiger charge is -2.37. The summed E-state index contributed by atoms with van der Waals surface area (Å²) in [7, 11) is 0. The first-order valence-corrected chi connectivity index (χ1v) is 9.04. The number of aromatic nitrogens is 3. The van der Waals surface area contributed by atoms with Gasteiger partial charge in [-0.3, -0.25) is 0 Å². The van der Waals surface area contributed by atoms with Crippen LogP contribution in [0.2, 0.25) is 0 Å². The van der Waals surface area contributed by atoms with Crippen LogP contribution in [0.15, 0.2) is 0 Å². The fourth-order valence-electron chi connectivity index (χ4n) is 4.28. The van der Waals surface area contributed by atoms with Crippen LogP contribution in [0.5, 0.6) is 0 Å². The minimum Gasteiger partial charge on any atom is -0.315 e. The van der Waals surface area contributed by atoms with Gasteiger partial charge in [0.1, 0.15) is 11.6 Å². The number of aryl methyl sites for hydroxylation is 1. The maximum atomic E-state index is 4.60. The third kappa shape index (κ3) is 2.87. The summed E-state index contributed by atoms with van der Waals surface area (Å²) in [6.07, 6.45) is 12.1. The molecule has 4 rings (SSSR count). The molecule has 4 heteroatoms. The Labute approximate surface area is 127 Å². The lowest BCUT2D eigenvalue weighted by molar-refractivity contribution is 0.141. The Bertz CT molecular complexity index is 477. The Kier molecular flexibility index (Phi) is 3.97. The van der Waals surface area contributed by atoms with Gasteiger partial charge < -0.3 is 9.47 Å². The molecule has 21 heavy (non-hydrogen) atoms. The molecule has 2 fully saturated rings. The highest BCUT2D eigenvalue weighted by atomic mass is 15.3. The smallest absolute Gasteiger partial charge is 0.137 e. The highest BCUT2D eigenvalue weighted by molar-refractivity contribution is 5.05. The SMILES string of the molecule is C1CCc2nnc(C3CCCN(CC4CCC4)C3)n2CC1. The topological polar surface area (TPSA) is 34.0 Å². The summed E-state index contributed by atoms with van der Waals surface area (Å²) in [5.41, 5.74) is 0. The maximum Gasteiger partial charge on any atom is 0.137 e. The second kappa shape index (κ2) is 6.07. The van der Waals surface area contributed by atoms with Crippen molar-refractivity contribution >= 4 is 0 Å². The van der Waals surface area contributed by atoms with Crippen molar-refractivity contribution in [3.05, 3.63) is 11.6 Å². The van der Waals surface area contributed by atoms with Gasteiger partial charge in [-0.2, -0.15) is 0 Å². The molecule has 1 saturated heterocycles. The zero-order valence-corrected chi connectivity index (χ0v) is 13.1. The van der Waals surface area contributed by atoms with E-state index in [0.717, 1.165) is 18.9 Å². The molecular weight excluding hydrogens is 260 g/mol. The second-order valence-corrected chi connectivity index (χ2v) is 7.33. The normalized spacial score (nSPS) is 27.9. The van der Waals surface area contributed by atoms with Crippen LogP contribution >= 0.6 is 0 Å². The highest BCUT2D eigenvalue weighted by Gasteiger charge is 2.29. The molecule has 0 N–H and O–H groups in total. The monoisotopic (exact) mass is 288 g/mol. The van der Waals surface area contributed by atoms with E-state index in [2.05, 4.69) is 19.7 Å². The molecule has 0 radical (unpaired) electrons. The van der Waals surface area contributed by atoms with Gasteiger partial charge in [0.25, 0.3) is 0 Å². The van der Waals surface area contributed by atoms with E-state index < -0.39 is 0 Å². The molecule has 1 unspecified atom stereocenters. The zero-order valence-electron chi connectivity index (χ0n) is 13.1. The van der Waals surface area contributed by atoms with Crippen LogP contribution in [0.25, 0.3) is 0 Å². The molecule has 1 aliphatic carbocycles. The molecular formula is C17H28N4. The van der Waals surface area contributed by atoms with Gasteiger partial charge in [-0.25, -0.2) is 0 Å². The van der Waals surface area contributed by atoms with E-state index in [0.29, 0.717) is 5.92 Å². The molecule has 2 aliphatic heterocycles. The van der Waals surface area contributed by atoms with Crippen LogP contribution < -0.4 is 0 Å². The molecule has 0 aromatic carbocycles. The summed E-state index contributed by atoms with van der Waals surface area (Å²) in [5, 5.41) is 9.10. The first-order chi connectivity index (χ1) is 10.4. The van der Waals surface area contributed by atoms with Gasteiger partial charge in [-0.15, -0.1) is 10.2 Å². The van der Waals surface area contributed by atoms with Gasteiger partial charge in [0.2, 0.25) is 0 Å². The summed E-state index contributed by atoms with van der Waals surface area (Å²) in [4.78, 5) is 2.70. The molecule has 3 aliphatic rings. The molecule has 3 heterocycles. The van der Waals surface area contributed by atoms with Crippen molar-refractivity contribution < 1.29 is 0 Å². The van der Waals surface area contributed by atoms with Crippen LogP contribution in [0.3, 0.4) is 0 Å². The molecule has 1 aromatic heterocycles. The fourth-order valence-corrected chi connectivity index (χ4v) is 4.28. The number of rotatable bonds is 3. The van der Waals surface area contributed by atoms with Crippen LogP contribution in [0, 0.1) is 5.92 Å². The predicted molar refractivity (Wildman–Crippen MR) is 83.3 cm³/mol. The summed E-state index contributed by atoms with van der Waals surface area (Å²) in [6, 6.07) is 0. The van der Waals surface area contributed by atoms with E-state index in [4.69, 9.17) is 0 Å². The third-order valence-electron chi connectivity index (χ3n) is 5.75. The van der Waals surface area contributed by atoms with Crippen molar-refractivity contribution in [3.63, 3.8) is 0 Å². The molecule has 116 valence electrons. The number of piperidine rings is 1. The first kappa shape index (κ1) is 13.7. The van der Waals surface area contributed by atoms with Gasteiger partial charge in [0.05, 0.1) is 0 Å². The number of nitrogens with zero attached hydrogens (tertiary/aromatic N) is 4. The summed E-state index contributed by atoms with van der Waals surface area (Å²) < 4.78 is 2.46. The third-order valence-corrected chi connectivity index (χ3v) is 5.75. The van der Waals surface area contributed by atoms with Gasteiger partial charge in [0, 0.05) is 32.0 Å². The summed E-state index contributed by atoms with van der Waals surface area (Å²) in [5.74, 6) is 4.15. The molecule has 0 spiro atoms. The Morgan fingerprint density at radius 3 is 2.71 bits per heavy atom. The second-order valence-electron chi connectivity index (χ2n) is 7.33. The Morgan fingerprint density at radius 1 is 0.905 bits per heavy atom. The van der Waals surface area contributed by atoms with Crippen molar-refractivity contribution in [2.45, 2.75) is 70.3 Å². The van der Waals surface area contributed by atoms with Crippen LogP contribution in [0.1, 0.15) is 68.9 Å². The quantitative estimate of drug-likeness (QED) is 0.857. The number of hydrogen-bond acceptors (Lipinski definition) is 3. The molecule has 1 saturated carbocycles. The van der Waals surface area contributed by atoms with Crippen molar-refractivity contribution in [1.29, 1.82) is 0 Å². The largest absolute Gasteiger partial charge is 0.315 e. The van der Waals surface area contributed by atoms with Crippen molar-refractivity contribution in [2.75, 3.05) is 19.6 Å². The highest BCUT2D eigenvalue weighted by Crippen LogP contribution is 2.31. The minimum absolute atomic E-state index is 0.623. The molecule has 1 aromatic rings. The van der Waals surface area contributed by atoms with Gasteiger partial charge in [0.15, 0.2) is 0 Å². The maximum absolute atomic E-state index is 4.60. The van der Waals surface area contributed by atoms with Crippen LogP contribution in [0.4, 0.5) is 0 Å². The Balaban J connectivity index is 1.46. The predicted octanol–water partition coefficient (Wildman–Crippen LogP) is 2.98. The van der Waals surface area contributed by atoms with Crippen molar-refractivity contribution in [1.82, 2.24) is 19.7 Å². The number of fused-ring (bicyclic) bond motifs is 1. The standard InChI is InChI=1S/C17H28N4/c1-2-9-16-18-19-17(21(16)11-3-1)15-8-5-10-20(13-15)12-14-6-4-7-14/h14-15H,1-13H2. The molecule has 0 bridgehead atoms. The van der Waals surface area contributed by atoms with Gasteiger partial charge in [-0.05, 0) is 51.0 Å². The lowest BCUT2D eigenvalue weighted by Crippen LogP contribution is -2.39. The Morgan fingerprint density at radius 2 is 1.86 bits per heavy atom. The van der Waals surface area contributed by atoms with E-state index in [1.54, 1.807) is 0 Å². The average molecular weight is 288 g/mol. The summed E-state index contributed by atoms with van der Waals surface area (Å²) in [6.45, 7) is 5.00. The Hall–Kier alpha value is -0.900. The molecule has 1 atom stereocenters. The van der Waals surface area contributed by atoms with Crippen molar-refractivity contribution in [3.8, 4) is 0 Å². The lowest BCUT2D eigenvalue weighted by atomic mass is 9.84. The van der Waals surface area contributed by atoms with Crippen LogP contribution in [-0.2, 0) is 13.0 Å². The van der Waals surface area contributed by atoms with E-state index in [1.165, 1.54) is 82.6 Å². The van der Waals surface area contributed by atoms with Crippen molar-refractivity contribution in [2.24, 2.45) is 5.92 Å². The van der Waals surface area contributed by atoms with Gasteiger partial charge in [-0.1, -0.05) is 12.8 Å². The minimum atomic E-state index is 0.623. The zero-order chi connectivity index (χ0) is 14.1. The number of hydrogen-bond donors (Lipinski definition) is 0. The molecule has 0 amide bonds. The van der Waals surface area contributed by atoms with Gasteiger partial charge >= 0.3 is 0 Å². The van der Waals surface area contributed by atoms with Crippen LogP contribution in [-0.4, -0.2) is 39.3 Å². The van der Waals surface area contributed by atoms with E-state index in [-0.39, 0.29) is 0 Å². The number of likely N-dealkylation sites (tertiary alicyclic amines) is 1. The first-order valence-electron chi connectivity index (χ1n) is 9.04. The summed E-state index contributed by atoms with van der Waals surface area (Å²) >= 11 is 0. The van der Waals surface area contributed by atoms with E-state index in [9.17, 15) is 0 Å². The van der Waals surface area contributed by atoms with E-state index in [1.807, 2.05) is 0 Å². The van der Waals surface area contributed by atoms with E-state index >= 15 is 0 Å². The fraction of sp³-hybridized carbons (Fsp3) is 0.882.